The Labute approximate surface area is 144 Å². The van der Waals surface area contributed by atoms with Crippen LogP contribution in [0.1, 0.15) is 46.5 Å². The van der Waals surface area contributed by atoms with E-state index in [-0.39, 0.29) is 30.8 Å². The summed E-state index contributed by atoms with van der Waals surface area (Å²) in [7, 11) is 1.64. The molecule has 0 aliphatic carbocycles. The molecule has 0 unspecified atom stereocenters. The summed E-state index contributed by atoms with van der Waals surface area (Å²) in [5, 5.41) is 7.61. The van der Waals surface area contributed by atoms with Crippen LogP contribution >= 0.6 is 0 Å². The third kappa shape index (κ3) is 32.0. The Morgan fingerprint density at radius 1 is 0.833 bits per heavy atom. The van der Waals surface area contributed by atoms with Gasteiger partial charge >= 0.3 is 0 Å². The number of hydrogen-bond acceptors (Lipinski definition) is 5. The molecule has 0 aromatic rings. The Kier molecular flexibility index (Phi) is 23.2. The molecule has 24 heavy (non-hydrogen) atoms. The predicted octanol–water partition coefficient (Wildman–Crippen LogP) is -0.998. The summed E-state index contributed by atoms with van der Waals surface area (Å²) in [6.45, 7) is 6.28. The molecule has 0 aromatic heterocycles. The van der Waals surface area contributed by atoms with Crippen LogP contribution in [-0.4, -0.2) is 50.3 Å². The zero-order valence-electron chi connectivity index (χ0n) is 15.2. The molecule has 142 valence electrons. The quantitative estimate of drug-likeness (QED) is 0.320. The fourth-order valence-corrected chi connectivity index (χ4v) is 1.27. The van der Waals surface area contributed by atoms with Crippen LogP contribution in [0.4, 0.5) is 0 Å². The molecule has 0 aromatic carbocycles. The summed E-state index contributed by atoms with van der Waals surface area (Å²) < 4.78 is 0. The van der Waals surface area contributed by atoms with Crippen molar-refractivity contribution in [1.82, 2.24) is 16.0 Å². The maximum absolute atomic E-state index is 10.6. The molecular weight excluding hydrogens is 314 g/mol. The molecule has 0 heterocycles. The molecule has 0 bridgehead atoms. The second-order valence-electron chi connectivity index (χ2n) is 4.53. The van der Waals surface area contributed by atoms with Crippen molar-refractivity contribution in [3.63, 3.8) is 0 Å². The van der Waals surface area contributed by atoms with Crippen molar-refractivity contribution >= 4 is 23.6 Å². The molecule has 0 saturated carbocycles. The van der Waals surface area contributed by atoms with Gasteiger partial charge in [-0.15, -0.1) is 0 Å². The Bertz CT molecular complexity index is 344. The highest BCUT2D eigenvalue weighted by Gasteiger charge is 1.98. The molecule has 9 nitrogen and oxygen atoms in total. The van der Waals surface area contributed by atoms with Crippen LogP contribution in [0, 0.1) is 0 Å². The standard InChI is InChI=1S/C8H16N2O2.C5H11N3O2.C2H6/c1-7(11)10-6-4-2-3-5-8(9)12;1-7-3-5(10)8-2-4(6)9;1-2/h2-6H2,1H3,(H2,9,12)(H,10,11);7H,2-3H2,1H3,(H2,6,9)(H,8,10);1-2H3. The summed E-state index contributed by atoms with van der Waals surface area (Å²) in [4.78, 5) is 41.4. The van der Waals surface area contributed by atoms with E-state index in [0.717, 1.165) is 19.3 Å². The van der Waals surface area contributed by atoms with Crippen LogP contribution in [0.15, 0.2) is 0 Å². The molecule has 7 N–H and O–H groups in total. The van der Waals surface area contributed by atoms with Gasteiger partial charge in [-0.2, -0.15) is 0 Å². The number of amides is 4. The van der Waals surface area contributed by atoms with Gasteiger partial charge in [0, 0.05) is 19.9 Å². The molecule has 0 saturated heterocycles. The van der Waals surface area contributed by atoms with E-state index in [0.29, 0.717) is 13.0 Å². The van der Waals surface area contributed by atoms with E-state index in [4.69, 9.17) is 11.5 Å². The van der Waals surface area contributed by atoms with Crippen molar-refractivity contribution in [2.24, 2.45) is 11.5 Å². The van der Waals surface area contributed by atoms with Crippen LogP contribution in [0.3, 0.4) is 0 Å². The van der Waals surface area contributed by atoms with Crippen LogP contribution in [0.25, 0.3) is 0 Å². The smallest absolute Gasteiger partial charge is 0.236 e. The number of nitrogens with two attached hydrogens (primary N) is 2. The number of likely N-dealkylation sites (N-methyl/N-ethyl adjacent to an activating group) is 1. The largest absolute Gasteiger partial charge is 0.370 e. The topological polar surface area (TPSA) is 156 Å². The summed E-state index contributed by atoms with van der Waals surface area (Å²) in [5.74, 6) is -1.04. The molecule has 0 aliphatic heterocycles. The van der Waals surface area contributed by atoms with Gasteiger partial charge in [-0.05, 0) is 19.9 Å². The van der Waals surface area contributed by atoms with Gasteiger partial charge in [0.15, 0.2) is 0 Å². The lowest BCUT2D eigenvalue weighted by Gasteiger charge is -2.00. The Hall–Kier alpha value is -2.16. The minimum absolute atomic E-state index is 0.00935. The van der Waals surface area contributed by atoms with Gasteiger partial charge in [0.2, 0.25) is 23.6 Å². The lowest BCUT2D eigenvalue weighted by Crippen LogP contribution is -2.37. The summed E-state index contributed by atoms with van der Waals surface area (Å²) in [6, 6.07) is 0. The third-order valence-corrected chi connectivity index (χ3v) is 2.27. The number of unbranched alkanes of at least 4 members (excludes halogenated alkanes) is 2. The number of hydrogen-bond donors (Lipinski definition) is 5. The van der Waals surface area contributed by atoms with Crippen molar-refractivity contribution in [2.75, 3.05) is 26.7 Å². The maximum Gasteiger partial charge on any atom is 0.236 e. The average molecular weight is 347 g/mol. The van der Waals surface area contributed by atoms with Crippen LogP contribution in [0.2, 0.25) is 0 Å². The van der Waals surface area contributed by atoms with Gasteiger partial charge in [-0.3, -0.25) is 19.2 Å². The Morgan fingerprint density at radius 2 is 1.42 bits per heavy atom. The highest BCUT2D eigenvalue weighted by atomic mass is 16.2. The van der Waals surface area contributed by atoms with Crippen molar-refractivity contribution < 1.29 is 19.2 Å². The monoisotopic (exact) mass is 347 g/mol. The fraction of sp³-hybridized carbons (Fsp3) is 0.733. The number of nitrogens with one attached hydrogen (secondary N) is 3. The lowest BCUT2D eigenvalue weighted by molar-refractivity contribution is -0.124. The summed E-state index contributed by atoms with van der Waals surface area (Å²) in [6.07, 6.45) is 3.10. The molecule has 0 aliphatic rings. The van der Waals surface area contributed by atoms with Gasteiger partial charge in [0.05, 0.1) is 13.1 Å². The molecule has 0 spiro atoms. The minimum Gasteiger partial charge on any atom is -0.370 e. The first-order chi connectivity index (χ1) is 11.3. The maximum atomic E-state index is 10.6. The first kappa shape index (κ1) is 26.7. The molecule has 0 rings (SSSR count). The van der Waals surface area contributed by atoms with E-state index in [9.17, 15) is 19.2 Å². The SMILES string of the molecule is CC.CC(=O)NCCCCCC(N)=O.CNCC(=O)NCC(N)=O. The number of carbonyl (C=O) groups excluding carboxylic acids is 4. The fourth-order valence-electron chi connectivity index (χ4n) is 1.27. The number of primary amides is 2. The van der Waals surface area contributed by atoms with E-state index in [1.165, 1.54) is 6.92 Å². The Balaban J connectivity index is -0.000000337. The molecule has 0 fully saturated rings. The molecule has 4 amide bonds. The van der Waals surface area contributed by atoms with Gasteiger partial charge in [0.1, 0.15) is 0 Å². The third-order valence-electron chi connectivity index (χ3n) is 2.27. The van der Waals surface area contributed by atoms with Crippen molar-refractivity contribution in [2.45, 2.75) is 46.5 Å². The highest BCUT2D eigenvalue weighted by molar-refractivity contribution is 5.84. The Morgan fingerprint density at radius 3 is 1.83 bits per heavy atom. The van der Waals surface area contributed by atoms with Crippen molar-refractivity contribution in [3.8, 4) is 0 Å². The van der Waals surface area contributed by atoms with Crippen LogP contribution < -0.4 is 27.4 Å². The van der Waals surface area contributed by atoms with Crippen LogP contribution in [0.5, 0.6) is 0 Å². The van der Waals surface area contributed by atoms with Crippen molar-refractivity contribution in [3.05, 3.63) is 0 Å². The van der Waals surface area contributed by atoms with Crippen LogP contribution in [-0.2, 0) is 19.2 Å². The van der Waals surface area contributed by atoms with E-state index >= 15 is 0 Å². The molecule has 9 heteroatoms. The average Bonchev–Trinajstić information content (AvgIpc) is 2.51. The minimum atomic E-state index is -0.538. The normalized spacial score (nSPS) is 8.67. The number of carbonyl (C=O) groups is 4. The molecule has 0 atom stereocenters. The summed E-state index contributed by atoms with van der Waals surface area (Å²) >= 11 is 0. The van der Waals surface area contributed by atoms with Crippen molar-refractivity contribution in [1.29, 1.82) is 0 Å². The molecule has 0 radical (unpaired) electrons. The van der Waals surface area contributed by atoms with E-state index in [2.05, 4.69) is 16.0 Å². The second kappa shape index (κ2) is 20.8. The first-order valence-electron chi connectivity index (χ1n) is 8.02. The van der Waals surface area contributed by atoms with Gasteiger partial charge < -0.3 is 27.4 Å². The predicted molar refractivity (Wildman–Crippen MR) is 93.8 cm³/mol. The van der Waals surface area contributed by atoms with E-state index < -0.39 is 5.91 Å². The molecular formula is C15H33N5O4. The summed E-state index contributed by atoms with van der Waals surface area (Å²) in [5.41, 5.74) is 9.71. The number of rotatable bonds is 10. The van der Waals surface area contributed by atoms with E-state index in [1.54, 1.807) is 7.05 Å². The van der Waals surface area contributed by atoms with E-state index in [1.807, 2.05) is 13.8 Å². The lowest BCUT2D eigenvalue weighted by atomic mass is 10.2. The first-order valence-corrected chi connectivity index (χ1v) is 8.02. The van der Waals surface area contributed by atoms with Gasteiger partial charge in [-0.25, -0.2) is 0 Å². The van der Waals surface area contributed by atoms with Gasteiger partial charge in [0.25, 0.3) is 0 Å². The highest BCUT2D eigenvalue weighted by Crippen LogP contribution is 1.97. The van der Waals surface area contributed by atoms with Gasteiger partial charge in [-0.1, -0.05) is 20.3 Å². The zero-order valence-corrected chi connectivity index (χ0v) is 15.2. The second-order valence-corrected chi connectivity index (χ2v) is 4.53. The zero-order chi connectivity index (χ0) is 19.4.